The van der Waals surface area contributed by atoms with Gasteiger partial charge in [-0.05, 0) is 57.1 Å². The molecular formula is C17H24ClN3OS. The average Bonchev–Trinajstić information content (AvgIpc) is 3.10. The van der Waals surface area contributed by atoms with Gasteiger partial charge in [0.15, 0.2) is 0 Å². The maximum absolute atomic E-state index is 6.31. The number of thiophene rings is 1. The lowest BCUT2D eigenvalue weighted by Gasteiger charge is -2.29. The lowest BCUT2D eigenvalue weighted by molar-refractivity contribution is 0.136. The van der Waals surface area contributed by atoms with Gasteiger partial charge in [0.2, 0.25) is 5.88 Å². The van der Waals surface area contributed by atoms with Crippen LogP contribution in [0.4, 0.5) is 0 Å². The van der Waals surface area contributed by atoms with E-state index in [4.69, 9.17) is 4.74 Å². The van der Waals surface area contributed by atoms with Crippen LogP contribution in [-0.4, -0.2) is 28.7 Å². The Morgan fingerprint density at radius 2 is 2.04 bits per heavy atom. The van der Waals surface area contributed by atoms with Crippen molar-refractivity contribution in [3.8, 4) is 5.88 Å². The molecule has 0 spiro atoms. The van der Waals surface area contributed by atoms with E-state index in [9.17, 15) is 0 Å². The molecule has 0 bridgehead atoms. The van der Waals surface area contributed by atoms with Gasteiger partial charge in [-0.15, -0.1) is 23.7 Å². The Morgan fingerprint density at radius 3 is 2.83 bits per heavy atom. The molecule has 0 aliphatic heterocycles. The van der Waals surface area contributed by atoms with Crippen molar-refractivity contribution in [2.45, 2.75) is 64.0 Å². The van der Waals surface area contributed by atoms with Crippen molar-refractivity contribution in [2.24, 2.45) is 0 Å². The molecule has 4 nitrogen and oxygen atoms in total. The second kappa shape index (κ2) is 7.32. The molecule has 4 rings (SSSR count). The Hall–Kier alpha value is -0.910. The summed E-state index contributed by atoms with van der Waals surface area (Å²) < 4.78 is 6.31. The highest BCUT2D eigenvalue weighted by atomic mass is 35.5. The van der Waals surface area contributed by atoms with Gasteiger partial charge < -0.3 is 10.1 Å². The lowest BCUT2D eigenvalue weighted by atomic mass is 9.93. The highest BCUT2D eigenvalue weighted by Gasteiger charge is 2.26. The minimum absolute atomic E-state index is 0. The molecule has 2 aliphatic rings. The van der Waals surface area contributed by atoms with E-state index in [-0.39, 0.29) is 12.4 Å². The second-order valence-electron chi connectivity index (χ2n) is 6.37. The first-order chi connectivity index (χ1) is 10.8. The lowest BCUT2D eigenvalue weighted by Crippen LogP contribution is -2.36. The molecule has 2 aromatic heterocycles. The van der Waals surface area contributed by atoms with Gasteiger partial charge in [0.05, 0.1) is 5.39 Å². The number of aryl methyl sites for hydroxylation is 2. The maximum atomic E-state index is 6.31. The first kappa shape index (κ1) is 16.9. The fourth-order valence-corrected chi connectivity index (χ4v) is 5.04. The molecule has 0 atom stereocenters. The van der Waals surface area contributed by atoms with Crippen LogP contribution < -0.4 is 10.1 Å². The van der Waals surface area contributed by atoms with E-state index in [0.29, 0.717) is 12.1 Å². The molecule has 0 aromatic carbocycles. The number of nitrogens with one attached hydrogen (secondary N) is 1. The van der Waals surface area contributed by atoms with Crippen LogP contribution in [0.1, 0.15) is 49.5 Å². The van der Waals surface area contributed by atoms with Gasteiger partial charge in [-0.25, -0.2) is 9.97 Å². The zero-order chi connectivity index (χ0) is 14.9. The Kier molecular flexibility index (Phi) is 5.39. The minimum atomic E-state index is 0. The number of rotatable bonds is 4. The van der Waals surface area contributed by atoms with E-state index in [1.807, 2.05) is 11.3 Å². The molecule has 0 amide bonds. The van der Waals surface area contributed by atoms with Gasteiger partial charge in [-0.1, -0.05) is 6.92 Å². The van der Waals surface area contributed by atoms with Crippen molar-refractivity contribution < 1.29 is 4.74 Å². The molecule has 1 saturated carbocycles. The van der Waals surface area contributed by atoms with Crippen LogP contribution in [0.5, 0.6) is 5.88 Å². The van der Waals surface area contributed by atoms with Crippen molar-refractivity contribution in [1.82, 2.24) is 15.3 Å². The molecule has 0 radical (unpaired) electrons. The summed E-state index contributed by atoms with van der Waals surface area (Å²) in [6, 6.07) is 0.667. The summed E-state index contributed by atoms with van der Waals surface area (Å²) >= 11 is 1.83. The van der Waals surface area contributed by atoms with E-state index in [0.717, 1.165) is 36.5 Å². The third-order valence-corrected chi connectivity index (χ3v) is 6.11. The Morgan fingerprint density at radius 1 is 1.22 bits per heavy atom. The van der Waals surface area contributed by atoms with Gasteiger partial charge in [-0.3, -0.25) is 0 Å². The van der Waals surface area contributed by atoms with E-state index in [1.165, 1.54) is 41.5 Å². The topological polar surface area (TPSA) is 47.0 Å². The number of ether oxygens (including phenoxy) is 1. The molecule has 6 heteroatoms. The van der Waals surface area contributed by atoms with Crippen LogP contribution in [0, 0.1) is 0 Å². The molecule has 1 fully saturated rings. The van der Waals surface area contributed by atoms with Gasteiger partial charge in [-0.2, -0.15) is 0 Å². The SMILES string of the molecule is CCNC1CCC(Oc2ncnc3sc4c(c23)CCC4)CC1.Cl. The van der Waals surface area contributed by atoms with Crippen molar-refractivity contribution in [3.63, 3.8) is 0 Å². The van der Waals surface area contributed by atoms with Crippen molar-refractivity contribution in [1.29, 1.82) is 0 Å². The van der Waals surface area contributed by atoms with E-state index in [1.54, 1.807) is 6.33 Å². The summed E-state index contributed by atoms with van der Waals surface area (Å²) in [5.41, 5.74) is 1.46. The van der Waals surface area contributed by atoms with Crippen LogP contribution in [0.2, 0.25) is 0 Å². The zero-order valence-electron chi connectivity index (χ0n) is 13.5. The quantitative estimate of drug-likeness (QED) is 0.905. The smallest absolute Gasteiger partial charge is 0.225 e. The van der Waals surface area contributed by atoms with Gasteiger partial charge in [0.1, 0.15) is 17.3 Å². The molecule has 2 aliphatic carbocycles. The summed E-state index contributed by atoms with van der Waals surface area (Å²) in [6.07, 6.45) is 10.2. The monoisotopic (exact) mass is 353 g/mol. The fourth-order valence-electron chi connectivity index (χ4n) is 3.82. The number of hydrogen-bond acceptors (Lipinski definition) is 5. The molecule has 1 N–H and O–H groups in total. The number of hydrogen-bond donors (Lipinski definition) is 1. The van der Waals surface area contributed by atoms with Crippen LogP contribution in [-0.2, 0) is 12.8 Å². The van der Waals surface area contributed by atoms with Crippen LogP contribution in [0.15, 0.2) is 6.33 Å². The predicted octanol–water partition coefficient (Wildman–Crippen LogP) is 3.90. The maximum Gasteiger partial charge on any atom is 0.225 e. The molecule has 0 saturated heterocycles. The summed E-state index contributed by atoms with van der Waals surface area (Å²) in [6.45, 7) is 3.24. The highest BCUT2D eigenvalue weighted by Crippen LogP contribution is 2.40. The zero-order valence-corrected chi connectivity index (χ0v) is 15.1. The summed E-state index contributed by atoms with van der Waals surface area (Å²) in [4.78, 5) is 11.5. The average molecular weight is 354 g/mol. The Balaban J connectivity index is 0.00000156. The second-order valence-corrected chi connectivity index (χ2v) is 7.45. The number of nitrogens with zero attached hydrogens (tertiary/aromatic N) is 2. The fraction of sp³-hybridized carbons (Fsp3) is 0.647. The molecule has 23 heavy (non-hydrogen) atoms. The van der Waals surface area contributed by atoms with E-state index >= 15 is 0 Å². The Labute approximate surface area is 147 Å². The number of fused-ring (bicyclic) bond motifs is 3. The van der Waals surface area contributed by atoms with Crippen LogP contribution in [0.25, 0.3) is 10.2 Å². The number of aromatic nitrogens is 2. The largest absolute Gasteiger partial charge is 0.474 e. The Bertz CT molecular complexity index is 667. The first-order valence-corrected chi connectivity index (χ1v) is 9.32. The standard InChI is InChI=1S/C17H23N3OS.ClH/c1-2-18-11-6-8-12(9-7-11)21-16-15-13-4-3-5-14(13)22-17(15)20-10-19-16;/h10-12,18H,2-9H2,1H3;1H. The first-order valence-electron chi connectivity index (χ1n) is 8.50. The van der Waals surface area contributed by atoms with Gasteiger partial charge in [0, 0.05) is 10.9 Å². The van der Waals surface area contributed by atoms with E-state index in [2.05, 4.69) is 22.2 Å². The van der Waals surface area contributed by atoms with E-state index < -0.39 is 0 Å². The van der Waals surface area contributed by atoms with Gasteiger partial charge >= 0.3 is 0 Å². The third-order valence-electron chi connectivity index (χ3n) is 4.91. The van der Waals surface area contributed by atoms with Crippen molar-refractivity contribution in [3.05, 3.63) is 16.8 Å². The van der Waals surface area contributed by atoms with Gasteiger partial charge in [0.25, 0.3) is 0 Å². The van der Waals surface area contributed by atoms with Crippen LogP contribution in [0.3, 0.4) is 0 Å². The highest BCUT2D eigenvalue weighted by molar-refractivity contribution is 7.18. The number of halogens is 1. The van der Waals surface area contributed by atoms with Crippen molar-refractivity contribution >= 4 is 34.0 Å². The normalized spacial score (nSPS) is 23.5. The molecule has 126 valence electrons. The third kappa shape index (κ3) is 3.32. The van der Waals surface area contributed by atoms with Crippen molar-refractivity contribution in [2.75, 3.05) is 6.54 Å². The molecule has 2 heterocycles. The molecule has 0 unspecified atom stereocenters. The predicted molar refractivity (Wildman–Crippen MR) is 97.0 cm³/mol. The molecule has 2 aromatic rings. The summed E-state index contributed by atoms with van der Waals surface area (Å²) in [5.74, 6) is 0.830. The summed E-state index contributed by atoms with van der Waals surface area (Å²) in [5, 5.41) is 4.75. The minimum Gasteiger partial charge on any atom is -0.474 e. The van der Waals surface area contributed by atoms with Crippen LogP contribution >= 0.6 is 23.7 Å². The summed E-state index contributed by atoms with van der Waals surface area (Å²) in [7, 11) is 0. The molecular weight excluding hydrogens is 330 g/mol.